The Balaban J connectivity index is 1.95. The highest BCUT2D eigenvalue weighted by Gasteiger charge is 2.13. The minimum absolute atomic E-state index is 0.272. The van der Waals surface area contributed by atoms with E-state index < -0.39 is 0 Å². The van der Waals surface area contributed by atoms with Crippen LogP contribution < -0.4 is 14.2 Å². The van der Waals surface area contributed by atoms with Gasteiger partial charge in [-0.2, -0.15) is 0 Å². The lowest BCUT2D eigenvalue weighted by Crippen LogP contribution is -2.00. The lowest BCUT2D eigenvalue weighted by molar-refractivity contribution is 0.174. The number of ether oxygens (including phenoxy) is 3. The molecular weight excluding hydrogens is 214 g/mol. The van der Waals surface area contributed by atoms with Gasteiger partial charge in [0.25, 0.3) is 0 Å². The van der Waals surface area contributed by atoms with Crippen LogP contribution >= 0.6 is 12.2 Å². The average Bonchev–Trinajstić information content (AvgIpc) is 2.71. The quantitative estimate of drug-likeness (QED) is 0.444. The molecule has 0 spiro atoms. The molecule has 1 aromatic carbocycles. The Morgan fingerprint density at radius 1 is 1.40 bits per heavy atom. The molecule has 1 aromatic rings. The fourth-order valence-electron chi connectivity index (χ4n) is 1.22. The average molecular weight is 223 g/mol. The van der Waals surface area contributed by atoms with Gasteiger partial charge >= 0.3 is 0 Å². The zero-order valence-corrected chi connectivity index (χ0v) is 8.75. The number of fused-ring (bicyclic) bond motifs is 1. The van der Waals surface area contributed by atoms with Gasteiger partial charge in [0.15, 0.2) is 11.5 Å². The van der Waals surface area contributed by atoms with E-state index in [1.54, 1.807) is 6.07 Å². The topological polar surface area (TPSA) is 40.0 Å². The van der Waals surface area contributed by atoms with Crippen LogP contribution in [0.2, 0.25) is 0 Å². The molecule has 1 aliphatic rings. The van der Waals surface area contributed by atoms with Crippen LogP contribution in [-0.4, -0.2) is 25.1 Å². The maximum Gasteiger partial charge on any atom is 0.231 e. The molecule has 0 N–H and O–H groups in total. The van der Waals surface area contributed by atoms with E-state index in [1.165, 1.54) is 0 Å². The molecule has 4 nitrogen and oxygen atoms in total. The van der Waals surface area contributed by atoms with Crippen LogP contribution in [-0.2, 0) is 0 Å². The summed E-state index contributed by atoms with van der Waals surface area (Å²) in [6.45, 7) is 1.26. The summed E-state index contributed by atoms with van der Waals surface area (Å²) < 4.78 is 15.8. The fourth-order valence-corrected chi connectivity index (χ4v) is 1.31. The van der Waals surface area contributed by atoms with Gasteiger partial charge in [0.1, 0.15) is 12.4 Å². The molecule has 0 radical (unpaired) electrons. The molecule has 1 heterocycles. The van der Waals surface area contributed by atoms with Gasteiger partial charge in [-0.1, -0.05) is 0 Å². The normalized spacial score (nSPS) is 12.0. The second kappa shape index (κ2) is 4.77. The van der Waals surface area contributed by atoms with Crippen molar-refractivity contribution >= 4 is 17.4 Å². The van der Waals surface area contributed by atoms with Crippen LogP contribution in [0.1, 0.15) is 0 Å². The smallest absolute Gasteiger partial charge is 0.231 e. The first-order valence-corrected chi connectivity index (χ1v) is 4.87. The number of benzene rings is 1. The molecule has 0 aliphatic carbocycles. The van der Waals surface area contributed by atoms with E-state index >= 15 is 0 Å². The second-order valence-electron chi connectivity index (χ2n) is 2.84. The largest absolute Gasteiger partial charge is 0.491 e. The van der Waals surface area contributed by atoms with Gasteiger partial charge in [0.2, 0.25) is 6.79 Å². The summed E-state index contributed by atoms with van der Waals surface area (Å²) in [6, 6.07) is 5.44. The second-order valence-corrected chi connectivity index (χ2v) is 3.02. The maximum absolute atomic E-state index is 5.42. The molecule has 0 bridgehead atoms. The zero-order valence-electron chi connectivity index (χ0n) is 7.93. The van der Waals surface area contributed by atoms with E-state index in [4.69, 9.17) is 14.2 Å². The molecule has 0 saturated carbocycles. The minimum atomic E-state index is 0.272. The molecule has 0 atom stereocenters. The molecule has 0 aromatic heterocycles. The number of aliphatic imine (C=N–C) groups is 1. The first-order valence-electron chi connectivity index (χ1n) is 4.46. The lowest BCUT2D eigenvalue weighted by Gasteiger charge is -2.04. The number of thiocarbonyl (C=S) groups is 1. The molecule has 5 heteroatoms. The lowest BCUT2D eigenvalue weighted by atomic mass is 10.3. The summed E-state index contributed by atoms with van der Waals surface area (Å²) in [7, 11) is 0. The van der Waals surface area contributed by atoms with Crippen LogP contribution in [0, 0.1) is 0 Å². The summed E-state index contributed by atoms with van der Waals surface area (Å²) in [5.74, 6) is 2.20. The van der Waals surface area contributed by atoms with Crippen LogP contribution in [0.15, 0.2) is 23.2 Å². The highest BCUT2D eigenvalue weighted by Crippen LogP contribution is 2.34. The Labute approximate surface area is 92.5 Å². The predicted octanol–water partition coefficient (Wildman–Crippen LogP) is 1.90. The van der Waals surface area contributed by atoms with Crippen molar-refractivity contribution in [1.82, 2.24) is 0 Å². The summed E-state index contributed by atoms with van der Waals surface area (Å²) in [6.07, 6.45) is 0. The van der Waals surface area contributed by atoms with Gasteiger partial charge in [-0.3, -0.25) is 0 Å². The van der Waals surface area contributed by atoms with Crippen molar-refractivity contribution in [3.63, 3.8) is 0 Å². The number of nitrogens with zero attached hydrogens (tertiary/aromatic N) is 1. The molecule has 0 amide bonds. The number of hydrogen-bond acceptors (Lipinski definition) is 5. The standard InChI is InChI=1S/C10H9NO3S/c15-6-11-3-4-12-8-1-2-9-10(5-8)14-7-13-9/h1-2,5H,3-4,7H2. The van der Waals surface area contributed by atoms with Crippen molar-refractivity contribution in [2.75, 3.05) is 19.9 Å². The van der Waals surface area contributed by atoms with Crippen molar-refractivity contribution in [2.45, 2.75) is 0 Å². The highest BCUT2D eigenvalue weighted by molar-refractivity contribution is 7.78. The first kappa shape index (κ1) is 9.96. The third-order valence-electron chi connectivity index (χ3n) is 1.88. The van der Waals surface area contributed by atoms with Crippen molar-refractivity contribution in [3.8, 4) is 17.2 Å². The van der Waals surface area contributed by atoms with Crippen molar-refractivity contribution in [3.05, 3.63) is 18.2 Å². The van der Waals surface area contributed by atoms with Crippen LogP contribution in [0.5, 0.6) is 17.2 Å². The highest BCUT2D eigenvalue weighted by atomic mass is 32.1. The molecule has 1 aliphatic heterocycles. The van der Waals surface area contributed by atoms with Gasteiger partial charge in [0.05, 0.1) is 11.7 Å². The molecular formula is C10H9NO3S. The number of rotatable bonds is 4. The Bertz CT molecular complexity index is 402. The van der Waals surface area contributed by atoms with Crippen LogP contribution in [0.3, 0.4) is 0 Å². The molecule has 0 fully saturated rings. The van der Waals surface area contributed by atoms with E-state index in [-0.39, 0.29) is 6.79 Å². The number of hydrogen-bond donors (Lipinski definition) is 0. The summed E-state index contributed by atoms with van der Waals surface area (Å²) in [4.78, 5) is 3.74. The van der Waals surface area contributed by atoms with E-state index in [0.717, 1.165) is 11.5 Å². The Hall–Kier alpha value is -1.58. The van der Waals surface area contributed by atoms with E-state index in [0.29, 0.717) is 18.9 Å². The maximum atomic E-state index is 5.42. The van der Waals surface area contributed by atoms with Gasteiger partial charge in [-0.25, -0.2) is 4.99 Å². The van der Waals surface area contributed by atoms with Gasteiger partial charge in [-0.05, 0) is 24.4 Å². The van der Waals surface area contributed by atoms with Crippen molar-refractivity contribution in [2.24, 2.45) is 4.99 Å². The summed E-state index contributed by atoms with van der Waals surface area (Å²) in [5, 5.41) is 2.28. The third-order valence-corrected chi connectivity index (χ3v) is 2.01. The molecule has 2 rings (SSSR count). The molecule has 0 unspecified atom stereocenters. The van der Waals surface area contributed by atoms with E-state index in [1.807, 2.05) is 12.1 Å². The minimum Gasteiger partial charge on any atom is -0.491 e. The van der Waals surface area contributed by atoms with E-state index in [9.17, 15) is 0 Å². The Kier molecular flexibility index (Phi) is 3.17. The summed E-state index contributed by atoms with van der Waals surface area (Å²) >= 11 is 4.44. The zero-order chi connectivity index (χ0) is 10.5. The fraction of sp³-hybridized carbons (Fsp3) is 0.300. The van der Waals surface area contributed by atoms with Crippen molar-refractivity contribution in [1.29, 1.82) is 0 Å². The van der Waals surface area contributed by atoms with Gasteiger partial charge in [-0.15, -0.1) is 0 Å². The SMILES string of the molecule is S=C=NCCOc1ccc2c(c1)OCO2. The molecule has 78 valence electrons. The van der Waals surface area contributed by atoms with Crippen molar-refractivity contribution < 1.29 is 14.2 Å². The summed E-state index contributed by atoms with van der Waals surface area (Å²) in [5.41, 5.74) is 0. The first-order chi connectivity index (χ1) is 7.40. The Morgan fingerprint density at radius 2 is 2.27 bits per heavy atom. The van der Waals surface area contributed by atoms with Crippen LogP contribution in [0.4, 0.5) is 0 Å². The number of isothiocyanates is 1. The van der Waals surface area contributed by atoms with Gasteiger partial charge in [0, 0.05) is 6.07 Å². The Morgan fingerprint density at radius 3 is 3.13 bits per heavy atom. The molecule has 0 saturated heterocycles. The van der Waals surface area contributed by atoms with Crippen LogP contribution in [0.25, 0.3) is 0 Å². The predicted molar refractivity (Wildman–Crippen MR) is 58.0 cm³/mol. The van der Waals surface area contributed by atoms with E-state index in [2.05, 4.69) is 22.4 Å². The van der Waals surface area contributed by atoms with Gasteiger partial charge < -0.3 is 14.2 Å². The monoisotopic (exact) mass is 223 g/mol. The molecule has 15 heavy (non-hydrogen) atoms. The third kappa shape index (κ3) is 2.46.